The van der Waals surface area contributed by atoms with E-state index in [4.69, 9.17) is 9.94 Å². The first-order valence-corrected chi connectivity index (χ1v) is 10.6. The van der Waals surface area contributed by atoms with Crippen molar-refractivity contribution in [1.82, 2.24) is 9.79 Å². The number of anilines is 1. The van der Waals surface area contributed by atoms with Gasteiger partial charge in [-0.3, -0.25) is 10.0 Å². The van der Waals surface area contributed by atoms with Crippen LogP contribution in [0.4, 0.5) is 5.69 Å². The second-order valence-corrected chi connectivity index (χ2v) is 8.82. The number of sulfonamides is 1. The summed E-state index contributed by atoms with van der Waals surface area (Å²) < 4.78 is 32.5. The maximum absolute atomic E-state index is 12.8. The summed E-state index contributed by atoms with van der Waals surface area (Å²) >= 11 is 0. The third-order valence-corrected chi connectivity index (χ3v) is 7.39. The fourth-order valence-electron chi connectivity index (χ4n) is 3.49. The lowest BCUT2D eigenvalue weighted by molar-refractivity contribution is -0.124. The number of ether oxygens (including phenoxy) is 1. The van der Waals surface area contributed by atoms with Gasteiger partial charge in [0.1, 0.15) is 0 Å². The molecule has 2 aliphatic heterocycles. The summed E-state index contributed by atoms with van der Waals surface area (Å²) in [6, 6.07) is 7.59. The number of carbonyl (C=O) groups excluding carboxylic acids is 1. The number of para-hydroxylation sites is 1. The molecule has 0 spiro atoms. The van der Waals surface area contributed by atoms with Crippen LogP contribution in [0.25, 0.3) is 6.08 Å². The van der Waals surface area contributed by atoms with Gasteiger partial charge in [-0.1, -0.05) is 18.2 Å². The zero-order chi connectivity index (χ0) is 19.3. The van der Waals surface area contributed by atoms with E-state index in [1.165, 1.54) is 6.08 Å². The van der Waals surface area contributed by atoms with E-state index in [9.17, 15) is 13.2 Å². The van der Waals surface area contributed by atoms with Gasteiger partial charge in [0.05, 0.1) is 5.25 Å². The molecule has 0 bridgehead atoms. The van der Waals surface area contributed by atoms with Crippen LogP contribution in [0.2, 0.25) is 0 Å². The molecular weight excluding hydrogens is 370 g/mol. The van der Waals surface area contributed by atoms with Gasteiger partial charge in [-0.2, -0.15) is 4.31 Å². The fourth-order valence-corrected chi connectivity index (χ4v) is 5.37. The van der Waals surface area contributed by atoms with Crippen molar-refractivity contribution >= 4 is 27.7 Å². The first kappa shape index (κ1) is 19.8. The Labute approximate surface area is 159 Å². The summed E-state index contributed by atoms with van der Waals surface area (Å²) in [6.07, 6.45) is 4.00. The quantitative estimate of drug-likeness (QED) is 0.435. The molecule has 2 N–H and O–H groups in total. The normalized spacial score (nSPS) is 20.1. The molecule has 0 aliphatic carbocycles. The highest BCUT2D eigenvalue weighted by Crippen LogP contribution is 2.26. The van der Waals surface area contributed by atoms with Crippen LogP contribution >= 0.6 is 0 Å². The maximum Gasteiger partial charge on any atom is 0.267 e. The SMILES string of the molecule is O=C(C=Cc1ccccc1N1CCN(S(=O)(=O)C2CCOCC2)CC1)NO. The van der Waals surface area contributed by atoms with Crippen molar-refractivity contribution in [1.29, 1.82) is 0 Å². The number of rotatable bonds is 5. The average Bonchev–Trinajstić information content (AvgIpc) is 2.73. The summed E-state index contributed by atoms with van der Waals surface area (Å²) in [5, 5.41) is 8.27. The molecule has 1 aromatic carbocycles. The number of benzene rings is 1. The molecule has 2 fully saturated rings. The molecule has 8 nitrogen and oxygen atoms in total. The van der Waals surface area contributed by atoms with Crippen molar-refractivity contribution in [3.8, 4) is 0 Å². The molecule has 2 saturated heterocycles. The van der Waals surface area contributed by atoms with Gasteiger partial charge < -0.3 is 9.64 Å². The third kappa shape index (κ3) is 4.67. The van der Waals surface area contributed by atoms with Crippen molar-refractivity contribution in [2.24, 2.45) is 0 Å². The van der Waals surface area contributed by atoms with Crippen LogP contribution in [-0.2, 0) is 19.6 Å². The molecule has 0 radical (unpaired) electrons. The molecule has 27 heavy (non-hydrogen) atoms. The molecule has 2 heterocycles. The number of carbonyl (C=O) groups is 1. The first-order valence-electron chi connectivity index (χ1n) is 9.05. The number of piperazine rings is 1. The third-order valence-electron chi connectivity index (χ3n) is 4.99. The van der Waals surface area contributed by atoms with E-state index in [0.29, 0.717) is 52.2 Å². The average molecular weight is 395 g/mol. The van der Waals surface area contributed by atoms with E-state index in [2.05, 4.69) is 4.90 Å². The minimum Gasteiger partial charge on any atom is -0.381 e. The Hall–Kier alpha value is -1.94. The Balaban J connectivity index is 1.67. The molecule has 2 aliphatic rings. The maximum atomic E-state index is 12.8. The van der Waals surface area contributed by atoms with Crippen molar-refractivity contribution < 1.29 is 23.2 Å². The van der Waals surface area contributed by atoms with E-state index in [1.54, 1.807) is 15.9 Å². The second-order valence-electron chi connectivity index (χ2n) is 6.61. The smallest absolute Gasteiger partial charge is 0.267 e. The van der Waals surface area contributed by atoms with Crippen molar-refractivity contribution in [2.45, 2.75) is 18.1 Å². The van der Waals surface area contributed by atoms with Crippen molar-refractivity contribution in [3.05, 3.63) is 35.9 Å². The number of nitrogens with one attached hydrogen (secondary N) is 1. The minimum absolute atomic E-state index is 0.343. The molecule has 1 amide bonds. The summed E-state index contributed by atoms with van der Waals surface area (Å²) in [5.41, 5.74) is 3.33. The minimum atomic E-state index is -3.29. The fraction of sp³-hybridized carbons (Fsp3) is 0.500. The predicted molar refractivity (Wildman–Crippen MR) is 102 cm³/mol. The van der Waals surface area contributed by atoms with Gasteiger partial charge in [0.15, 0.2) is 0 Å². The Bertz CT molecular complexity index is 782. The molecular formula is C18H25N3O5S. The topological polar surface area (TPSA) is 99.2 Å². The monoisotopic (exact) mass is 395 g/mol. The van der Waals surface area contributed by atoms with Gasteiger partial charge in [-0.05, 0) is 30.5 Å². The molecule has 0 aromatic heterocycles. The molecule has 1 aromatic rings. The van der Waals surface area contributed by atoms with Gasteiger partial charge in [-0.25, -0.2) is 13.9 Å². The lowest BCUT2D eigenvalue weighted by atomic mass is 10.1. The molecule has 9 heteroatoms. The van der Waals surface area contributed by atoms with Crippen LogP contribution < -0.4 is 10.4 Å². The van der Waals surface area contributed by atoms with Gasteiger partial charge in [0.2, 0.25) is 10.0 Å². The summed E-state index contributed by atoms with van der Waals surface area (Å²) in [7, 11) is -3.29. The van der Waals surface area contributed by atoms with Crippen molar-refractivity contribution in [2.75, 3.05) is 44.3 Å². The van der Waals surface area contributed by atoms with Crippen LogP contribution in [0.15, 0.2) is 30.3 Å². The number of hydrogen-bond donors (Lipinski definition) is 2. The number of nitrogens with zero attached hydrogens (tertiary/aromatic N) is 2. The molecule has 0 unspecified atom stereocenters. The molecule has 0 atom stereocenters. The zero-order valence-electron chi connectivity index (χ0n) is 15.1. The van der Waals surface area contributed by atoms with Gasteiger partial charge >= 0.3 is 0 Å². The van der Waals surface area contributed by atoms with Gasteiger partial charge in [-0.15, -0.1) is 0 Å². The number of hydroxylamine groups is 1. The van der Waals surface area contributed by atoms with E-state index < -0.39 is 15.9 Å². The van der Waals surface area contributed by atoms with Crippen LogP contribution in [0.5, 0.6) is 0 Å². The Morgan fingerprint density at radius 2 is 1.81 bits per heavy atom. The van der Waals surface area contributed by atoms with Crippen LogP contribution in [0.3, 0.4) is 0 Å². The summed E-state index contributed by atoms with van der Waals surface area (Å²) in [6.45, 7) is 3.05. The van der Waals surface area contributed by atoms with E-state index in [0.717, 1.165) is 11.3 Å². The first-order chi connectivity index (χ1) is 13.0. The van der Waals surface area contributed by atoms with Crippen LogP contribution in [-0.4, -0.2) is 68.5 Å². The lowest BCUT2D eigenvalue weighted by Crippen LogP contribution is -2.52. The van der Waals surface area contributed by atoms with E-state index >= 15 is 0 Å². The molecule has 148 valence electrons. The Morgan fingerprint density at radius 3 is 2.48 bits per heavy atom. The van der Waals surface area contributed by atoms with Crippen LogP contribution in [0.1, 0.15) is 18.4 Å². The molecule has 3 rings (SSSR count). The standard InChI is InChI=1S/C18H25N3O5S/c22-18(19-23)6-5-15-3-1-2-4-17(15)20-9-11-21(12-10-20)27(24,25)16-7-13-26-14-8-16/h1-6,16,23H,7-14H2,(H,19,22). The Kier molecular flexibility index (Phi) is 6.48. The second kappa shape index (κ2) is 8.83. The highest BCUT2D eigenvalue weighted by molar-refractivity contribution is 7.89. The highest BCUT2D eigenvalue weighted by Gasteiger charge is 2.35. The number of amides is 1. The van der Waals surface area contributed by atoms with Gasteiger partial charge in [0.25, 0.3) is 5.91 Å². The number of hydrogen-bond acceptors (Lipinski definition) is 6. The Morgan fingerprint density at radius 1 is 1.15 bits per heavy atom. The zero-order valence-corrected chi connectivity index (χ0v) is 15.9. The largest absolute Gasteiger partial charge is 0.381 e. The van der Waals surface area contributed by atoms with Crippen molar-refractivity contribution in [3.63, 3.8) is 0 Å². The summed E-state index contributed by atoms with van der Waals surface area (Å²) in [5.74, 6) is -0.600. The van der Waals surface area contributed by atoms with E-state index in [1.807, 2.05) is 24.3 Å². The highest BCUT2D eigenvalue weighted by atomic mass is 32.2. The van der Waals surface area contributed by atoms with Crippen LogP contribution in [0, 0.1) is 0 Å². The van der Waals surface area contributed by atoms with Gasteiger partial charge in [0, 0.05) is 51.2 Å². The predicted octanol–water partition coefficient (Wildman–Crippen LogP) is 0.836. The lowest BCUT2D eigenvalue weighted by Gasteiger charge is -2.38. The van der Waals surface area contributed by atoms with E-state index in [-0.39, 0.29) is 5.25 Å². The summed E-state index contributed by atoms with van der Waals surface area (Å²) in [4.78, 5) is 13.4. The molecule has 0 saturated carbocycles.